The molecule has 0 atom stereocenters. The molecule has 3 rings (SSSR count). The molecule has 0 saturated heterocycles. The summed E-state index contributed by atoms with van der Waals surface area (Å²) in [4.78, 5) is 12.1. The smallest absolute Gasteiger partial charge is 0.224 e. The predicted octanol–water partition coefficient (Wildman–Crippen LogP) is 4.78. The Bertz CT molecular complexity index is 1030. The SMILES string of the molecule is CCCC(=O)Nc1cc(-c2cnoc2-c2cc(OC)c(OC)c(OC)c2)ccc1OC. The minimum absolute atomic E-state index is 0.0758. The van der Waals surface area contributed by atoms with E-state index >= 15 is 0 Å². The van der Waals surface area contributed by atoms with E-state index in [1.165, 1.54) is 0 Å². The van der Waals surface area contributed by atoms with E-state index in [4.69, 9.17) is 23.5 Å². The zero-order chi connectivity index (χ0) is 22.4. The van der Waals surface area contributed by atoms with Gasteiger partial charge in [-0.15, -0.1) is 0 Å². The van der Waals surface area contributed by atoms with Crippen LogP contribution in [0.4, 0.5) is 5.69 Å². The van der Waals surface area contributed by atoms with E-state index in [0.717, 1.165) is 17.5 Å². The van der Waals surface area contributed by atoms with Gasteiger partial charge in [0.25, 0.3) is 0 Å². The fourth-order valence-corrected chi connectivity index (χ4v) is 3.28. The number of hydrogen-bond donors (Lipinski definition) is 1. The van der Waals surface area contributed by atoms with Crippen LogP contribution in [0.25, 0.3) is 22.5 Å². The number of methoxy groups -OCH3 is 4. The molecule has 0 bridgehead atoms. The summed E-state index contributed by atoms with van der Waals surface area (Å²) in [5.74, 6) is 2.51. The minimum Gasteiger partial charge on any atom is -0.495 e. The maximum Gasteiger partial charge on any atom is 0.224 e. The second kappa shape index (κ2) is 9.88. The Labute approximate surface area is 181 Å². The number of nitrogens with zero attached hydrogens (tertiary/aromatic N) is 1. The predicted molar refractivity (Wildman–Crippen MR) is 117 cm³/mol. The summed E-state index contributed by atoms with van der Waals surface area (Å²) in [6.45, 7) is 1.95. The molecule has 0 aliphatic carbocycles. The zero-order valence-electron chi connectivity index (χ0n) is 18.3. The van der Waals surface area contributed by atoms with Gasteiger partial charge in [0.1, 0.15) is 5.75 Å². The molecule has 0 radical (unpaired) electrons. The van der Waals surface area contributed by atoms with Gasteiger partial charge >= 0.3 is 0 Å². The van der Waals surface area contributed by atoms with Crippen LogP contribution >= 0.6 is 0 Å². The first-order chi connectivity index (χ1) is 15.1. The quantitative estimate of drug-likeness (QED) is 0.526. The number of nitrogens with one attached hydrogen (secondary N) is 1. The minimum atomic E-state index is -0.0758. The van der Waals surface area contributed by atoms with Crippen molar-refractivity contribution in [2.75, 3.05) is 33.8 Å². The molecule has 1 aromatic heterocycles. The summed E-state index contributed by atoms with van der Waals surface area (Å²) < 4.78 is 27.3. The molecule has 2 aromatic carbocycles. The summed E-state index contributed by atoms with van der Waals surface area (Å²) in [6, 6.07) is 9.09. The second-order valence-corrected chi connectivity index (χ2v) is 6.70. The van der Waals surface area contributed by atoms with Gasteiger partial charge in [0.2, 0.25) is 11.7 Å². The highest BCUT2D eigenvalue weighted by Gasteiger charge is 2.20. The van der Waals surface area contributed by atoms with E-state index in [9.17, 15) is 4.79 Å². The van der Waals surface area contributed by atoms with E-state index in [0.29, 0.717) is 46.4 Å². The van der Waals surface area contributed by atoms with Gasteiger partial charge in [-0.05, 0) is 36.2 Å². The fourth-order valence-electron chi connectivity index (χ4n) is 3.28. The highest BCUT2D eigenvalue weighted by atomic mass is 16.5. The number of rotatable bonds is 9. The monoisotopic (exact) mass is 426 g/mol. The summed E-state index contributed by atoms with van der Waals surface area (Å²) in [7, 11) is 6.21. The van der Waals surface area contributed by atoms with Crippen LogP contribution < -0.4 is 24.3 Å². The normalized spacial score (nSPS) is 10.5. The largest absolute Gasteiger partial charge is 0.495 e. The van der Waals surface area contributed by atoms with Gasteiger partial charge < -0.3 is 28.8 Å². The molecular weight excluding hydrogens is 400 g/mol. The van der Waals surface area contributed by atoms with E-state index in [1.54, 1.807) is 52.8 Å². The molecule has 3 aromatic rings. The second-order valence-electron chi connectivity index (χ2n) is 6.70. The molecule has 0 aliphatic heterocycles. The number of ether oxygens (including phenoxy) is 4. The highest BCUT2D eigenvalue weighted by molar-refractivity contribution is 5.94. The molecule has 0 saturated carbocycles. The van der Waals surface area contributed by atoms with Crippen molar-refractivity contribution >= 4 is 11.6 Å². The Morgan fingerprint density at radius 3 is 2.19 bits per heavy atom. The van der Waals surface area contributed by atoms with Crippen molar-refractivity contribution in [3.63, 3.8) is 0 Å². The number of amides is 1. The summed E-state index contributed by atoms with van der Waals surface area (Å²) >= 11 is 0. The molecule has 0 fully saturated rings. The maximum atomic E-state index is 12.1. The lowest BCUT2D eigenvalue weighted by molar-refractivity contribution is -0.116. The van der Waals surface area contributed by atoms with Crippen molar-refractivity contribution in [3.05, 3.63) is 36.5 Å². The third-order valence-corrected chi connectivity index (χ3v) is 4.76. The van der Waals surface area contributed by atoms with Gasteiger partial charge in [-0.2, -0.15) is 0 Å². The summed E-state index contributed by atoms with van der Waals surface area (Å²) in [5.41, 5.74) is 2.82. The number of aromatic nitrogens is 1. The Hall–Kier alpha value is -3.68. The highest BCUT2D eigenvalue weighted by Crippen LogP contribution is 2.44. The van der Waals surface area contributed by atoms with Crippen LogP contribution in [-0.4, -0.2) is 39.5 Å². The van der Waals surface area contributed by atoms with Gasteiger partial charge in [0.05, 0.1) is 40.3 Å². The van der Waals surface area contributed by atoms with Gasteiger partial charge in [-0.1, -0.05) is 18.1 Å². The first-order valence-electron chi connectivity index (χ1n) is 9.79. The van der Waals surface area contributed by atoms with Gasteiger partial charge in [0, 0.05) is 17.5 Å². The number of carbonyl (C=O) groups is 1. The number of benzene rings is 2. The van der Waals surface area contributed by atoms with Crippen LogP contribution in [0.3, 0.4) is 0 Å². The maximum absolute atomic E-state index is 12.1. The lowest BCUT2D eigenvalue weighted by Gasteiger charge is -2.14. The van der Waals surface area contributed by atoms with Crippen molar-refractivity contribution < 1.29 is 28.3 Å². The molecule has 0 unspecified atom stereocenters. The molecule has 1 amide bonds. The first-order valence-corrected chi connectivity index (χ1v) is 9.79. The van der Waals surface area contributed by atoms with Gasteiger partial charge in [-0.25, -0.2) is 0 Å². The molecular formula is C23H26N2O6. The Morgan fingerprint density at radius 1 is 0.935 bits per heavy atom. The lowest BCUT2D eigenvalue weighted by Crippen LogP contribution is -2.11. The first kappa shape index (κ1) is 22.0. The molecule has 8 heteroatoms. The van der Waals surface area contributed by atoms with Crippen LogP contribution in [-0.2, 0) is 4.79 Å². The number of anilines is 1. The molecule has 0 aliphatic rings. The van der Waals surface area contributed by atoms with E-state index in [-0.39, 0.29) is 5.91 Å². The topological polar surface area (TPSA) is 92.1 Å². The van der Waals surface area contributed by atoms with Crippen LogP contribution in [0.15, 0.2) is 41.1 Å². The molecule has 0 spiro atoms. The Kier molecular flexibility index (Phi) is 7.02. The lowest BCUT2D eigenvalue weighted by atomic mass is 10.0. The van der Waals surface area contributed by atoms with E-state index < -0.39 is 0 Å². The zero-order valence-corrected chi connectivity index (χ0v) is 18.3. The van der Waals surface area contributed by atoms with Crippen LogP contribution in [0, 0.1) is 0 Å². The average Bonchev–Trinajstić information content (AvgIpc) is 3.28. The Morgan fingerprint density at radius 2 is 1.61 bits per heavy atom. The van der Waals surface area contributed by atoms with E-state index in [1.807, 2.05) is 19.1 Å². The van der Waals surface area contributed by atoms with Crippen molar-refractivity contribution in [3.8, 4) is 45.4 Å². The Balaban J connectivity index is 2.07. The standard InChI is InChI=1S/C23H26N2O6/c1-6-7-21(26)25-17-10-14(8-9-18(17)27-2)16-13-24-31-22(16)15-11-19(28-3)23(30-5)20(12-15)29-4/h8-13H,6-7H2,1-5H3,(H,25,26). The van der Waals surface area contributed by atoms with Crippen LogP contribution in [0.1, 0.15) is 19.8 Å². The van der Waals surface area contributed by atoms with Crippen molar-refractivity contribution in [2.24, 2.45) is 0 Å². The van der Waals surface area contributed by atoms with Crippen LogP contribution in [0.2, 0.25) is 0 Å². The summed E-state index contributed by atoms with van der Waals surface area (Å²) in [6.07, 6.45) is 2.81. The molecule has 1 heterocycles. The molecule has 31 heavy (non-hydrogen) atoms. The van der Waals surface area contributed by atoms with Crippen molar-refractivity contribution in [2.45, 2.75) is 19.8 Å². The molecule has 1 N–H and O–H groups in total. The molecule has 164 valence electrons. The number of carbonyl (C=O) groups excluding carboxylic acids is 1. The number of hydrogen-bond acceptors (Lipinski definition) is 7. The van der Waals surface area contributed by atoms with Crippen LogP contribution in [0.5, 0.6) is 23.0 Å². The average molecular weight is 426 g/mol. The van der Waals surface area contributed by atoms with Gasteiger partial charge in [0.15, 0.2) is 17.3 Å². The van der Waals surface area contributed by atoms with Gasteiger partial charge in [-0.3, -0.25) is 4.79 Å². The third kappa shape index (κ3) is 4.58. The third-order valence-electron chi connectivity index (χ3n) is 4.76. The van der Waals surface area contributed by atoms with Crippen molar-refractivity contribution in [1.29, 1.82) is 0 Å². The molecule has 8 nitrogen and oxygen atoms in total. The fraction of sp³-hybridized carbons (Fsp3) is 0.304. The van der Waals surface area contributed by atoms with Crippen molar-refractivity contribution in [1.82, 2.24) is 5.16 Å². The van der Waals surface area contributed by atoms with E-state index in [2.05, 4.69) is 10.5 Å². The summed E-state index contributed by atoms with van der Waals surface area (Å²) in [5, 5.41) is 6.89.